The molecule has 3 nitrogen and oxygen atoms in total. The van der Waals surface area contributed by atoms with Crippen molar-refractivity contribution in [3.05, 3.63) is 41.7 Å². The summed E-state index contributed by atoms with van der Waals surface area (Å²) in [5, 5.41) is 0.784. The third-order valence-corrected chi connectivity index (χ3v) is 2.84. The number of rotatable bonds is 3. The second-order valence-electron chi connectivity index (χ2n) is 4.24. The van der Waals surface area contributed by atoms with Gasteiger partial charge in [0.1, 0.15) is 16.9 Å². The fourth-order valence-corrected chi connectivity index (χ4v) is 1.94. The molecular weight excluding hydrogens is 228 g/mol. The van der Waals surface area contributed by atoms with E-state index in [0.29, 0.717) is 23.5 Å². The minimum absolute atomic E-state index is 0.340. The molecule has 18 heavy (non-hydrogen) atoms. The van der Waals surface area contributed by atoms with Crippen LogP contribution in [0.25, 0.3) is 16.5 Å². The minimum Gasteiger partial charge on any atom is -0.462 e. The van der Waals surface area contributed by atoms with Gasteiger partial charge in [0.05, 0.1) is 6.61 Å². The summed E-state index contributed by atoms with van der Waals surface area (Å²) in [4.78, 5) is 11.9. The van der Waals surface area contributed by atoms with Crippen molar-refractivity contribution >= 4 is 22.5 Å². The van der Waals surface area contributed by atoms with Crippen LogP contribution >= 0.6 is 0 Å². The standard InChI is InChI=1S/C15H16O3/c1-5-17-15(16)14-10(4)18-13-7-6-11(9(2)3)8-12(13)14/h6-8H,2,5H2,1,3-4H3. The van der Waals surface area contributed by atoms with Crippen LogP contribution in [0, 0.1) is 6.92 Å². The van der Waals surface area contributed by atoms with Crippen molar-refractivity contribution in [3.8, 4) is 0 Å². The van der Waals surface area contributed by atoms with Gasteiger partial charge in [0.25, 0.3) is 0 Å². The largest absolute Gasteiger partial charge is 0.462 e. The van der Waals surface area contributed by atoms with Gasteiger partial charge in [0.15, 0.2) is 0 Å². The summed E-state index contributed by atoms with van der Waals surface area (Å²) in [6.07, 6.45) is 0. The number of carbonyl (C=O) groups excluding carboxylic acids is 1. The number of hydrogen-bond donors (Lipinski definition) is 0. The Morgan fingerprint density at radius 3 is 2.78 bits per heavy atom. The molecule has 0 saturated carbocycles. The summed E-state index contributed by atoms with van der Waals surface area (Å²) >= 11 is 0. The van der Waals surface area contributed by atoms with Crippen molar-refractivity contribution in [1.29, 1.82) is 0 Å². The summed E-state index contributed by atoms with van der Waals surface area (Å²) < 4.78 is 10.6. The molecule has 94 valence electrons. The molecule has 0 amide bonds. The zero-order valence-corrected chi connectivity index (χ0v) is 10.9. The van der Waals surface area contributed by atoms with Crippen molar-refractivity contribution in [2.24, 2.45) is 0 Å². The lowest BCUT2D eigenvalue weighted by Crippen LogP contribution is -2.05. The molecule has 0 bridgehead atoms. The predicted octanol–water partition coefficient (Wildman–Crippen LogP) is 3.95. The van der Waals surface area contributed by atoms with Crippen LogP contribution in [0.5, 0.6) is 0 Å². The summed E-state index contributed by atoms with van der Waals surface area (Å²) in [6, 6.07) is 5.71. The van der Waals surface area contributed by atoms with Crippen molar-refractivity contribution in [1.82, 2.24) is 0 Å². The molecule has 0 fully saturated rings. The SMILES string of the molecule is C=C(C)c1ccc2oc(C)c(C(=O)OCC)c2c1. The first kappa shape index (κ1) is 12.4. The third-order valence-electron chi connectivity index (χ3n) is 2.84. The highest BCUT2D eigenvalue weighted by molar-refractivity contribution is 6.05. The topological polar surface area (TPSA) is 39.4 Å². The average molecular weight is 244 g/mol. The normalized spacial score (nSPS) is 10.6. The number of ether oxygens (including phenoxy) is 1. The molecule has 0 atom stereocenters. The van der Waals surface area contributed by atoms with E-state index in [2.05, 4.69) is 6.58 Å². The number of fused-ring (bicyclic) bond motifs is 1. The third kappa shape index (κ3) is 2.04. The molecule has 0 N–H and O–H groups in total. The highest BCUT2D eigenvalue weighted by atomic mass is 16.5. The zero-order chi connectivity index (χ0) is 13.3. The molecule has 0 spiro atoms. The first-order chi connectivity index (χ1) is 8.54. The summed E-state index contributed by atoms with van der Waals surface area (Å²) in [5.41, 5.74) is 3.15. The lowest BCUT2D eigenvalue weighted by molar-refractivity contribution is 0.0526. The smallest absolute Gasteiger partial charge is 0.342 e. The molecule has 0 unspecified atom stereocenters. The van der Waals surface area contributed by atoms with E-state index in [0.717, 1.165) is 16.5 Å². The van der Waals surface area contributed by atoms with Gasteiger partial charge in [0, 0.05) is 5.39 Å². The Kier molecular flexibility index (Phi) is 3.24. The number of benzene rings is 1. The van der Waals surface area contributed by atoms with Crippen LogP contribution in [-0.4, -0.2) is 12.6 Å². The Morgan fingerprint density at radius 2 is 2.17 bits per heavy atom. The molecule has 3 heteroatoms. The minimum atomic E-state index is -0.340. The van der Waals surface area contributed by atoms with E-state index < -0.39 is 0 Å². The van der Waals surface area contributed by atoms with Crippen LogP contribution in [0.3, 0.4) is 0 Å². The zero-order valence-electron chi connectivity index (χ0n) is 10.9. The van der Waals surface area contributed by atoms with Gasteiger partial charge in [-0.3, -0.25) is 0 Å². The highest BCUT2D eigenvalue weighted by Crippen LogP contribution is 2.28. The van der Waals surface area contributed by atoms with Crippen LogP contribution in [0.1, 0.15) is 35.5 Å². The van der Waals surface area contributed by atoms with E-state index in [-0.39, 0.29) is 5.97 Å². The molecular formula is C15H16O3. The van der Waals surface area contributed by atoms with E-state index in [1.54, 1.807) is 13.8 Å². The Labute approximate surface area is 106 Å². The van der Waals surface area contributed by atoms with Gasteiger partial charge < -0.3 is 9.15 Å². The Bertz CT molecular complexity index is 620. The molecule has 0 aliphatic carbocycles. The van der Waals surface area contributed by atoms with Crippen LogP contribution < -0.4 is 0 Å². The van der Waals surface area contributed by atoms with Gasteiger partial charge in [-0.1, -0.05) is 18.2 Å². The average Bonchev–Trinajstić information content (AvgIpc) is 2.63. The van der Waals surface area contributed by atoms with Crippen LogP contribution in [0.15, 0.2) is 29.2 Å². The Hall–Kier alpha value is -2.03. The molecule has 1 aromatic heterocycles. The van der Waals surface area contributed by atoms with Crippen molar-refractivity contribution in [3.63, 3.8) is 0 Å². The lowest BCUT2D eigenvalue weighted by Gasteiger charge is -2.02. The van der Waals surface area contributed by atoms with Gasteiger partial charge in [-0.05, 0) is 38.5 Å². The quantitative estimate of drug-likeness (QED) is 0.767. The second-order valence-corrected chi connectivity index (χ2v) is 4.24. The van der Waals surface area contributed by atoms with Gasteiger partial charge in [0.2, 0.25) is 0 Å². The van der Waals surface area contributed by atoms with E-state index >= 15 is 0 Å². The van der Waals surface area contributed by atoms with Crippen molar-refractivity contribution in [2.45, 2.75) is 20.8 Å². The first-order valence-electron chi connectivity index (χ1n) is 5.90. The number of aryl methyl sites for hydroxylation is 1. The van der Waals surface area contributed by atoms with E-state index in [1.165, 1.54) is 0 Å². The van der Waals surface area contributed by atoms with Crippen LogP contribution in [-0.2, 0) is 4.74 Å². The molecule has 1 heterocycles. The molecule has 0 saturated heterocycles. The monoisotopic (exact) mass is 244 g/mol. The van der Waals surface area contributed by atoms with E-state index in [1.807, 2.05) is 25.1 Å². The second kappa shape index (κ2) is 4.69. The maximum atomic E-state index is 11.9. The predicted molar refractivity (Wildman–Crippen MR) is 71.6 cm³/mol. The fraction of sp³-hybridized carbons (Fsp3) is 0.267. The van der Waals surface area contributed by atoms with Gasteiger partial charge in [-0.25, -0.2) is 4.79 Å². The van der Waals surface area contributed by atoms with Crippen molar-refractivity contribution < 1.29 is 13.9 Å². The number of carbonyl (C=O) groups is 1. The molecule has 1 aromatic carbocycles. The first-order valence-corrected chi connectivity index (χ1v) is 5.90. The highest BCUT2D eigenvalue weighted by Gasteiger charge is 2.19. The molecule has 0 aliphatic heterocycles. The van der Waals surface area contributed by atoms with Crippen molar-refractivity contribution in [2.75, 3.05) is 6.61 Å². The van der Waals surface area contributed by atoms with Gasteiger partial charge >= 0.3 is 5.97 Å². The summed E-state index contributed by atoms with van der Waals surface area (Å²) in [6.45, 7) is 9.74. The maximum Gasteiger partial charge on any atom is 0.342 e. The number of hydrogen-bond acceptors (Lipinski definition) is 3. The molecule has 2 rings (SSSR count). The molecule has 2 aromatic rings. The summed E-state index contributed by atoms with van der Waals surface area (Å²) in [7, 11) is 0. The Balaban J connectivity index is 2.64. The number of allylic oxidation sites excluding steroid dienone is 1. The fourth-order valence-electron chi connectivity index (χ4n) is 1.94. The number of furan rings is 1. The number of esters is 1. The Morgan fingerprint density at radius 1 is 1.44 bits per heavy atom. The van der Waals surface area contributed by atoms with Gasteiger partial charge in [-0.15, -0.1) is 0 Å². The van der Waals surface area contributed by atoms with Gasteiger partial charge in [-0.2, -0.15) is 0 Å². The van der Waals surface area contributed by atoms with E-state index in [4.69, 9.17) is 9.15 Å². The maximum absolute atomic E-state index is 11.9. The van der Waals surface area contributed by atoms with Crippen LogP contribution in [0.2, 0.25) is 0 Å². The van der Waals surface area contributed by atoms with Crippen LogP contribution in [0.4, 0.5) is 0 Å². The van der Waals surface area contributed by atoms with E-state index in [9.17, 15) is 4.79 Å². The summed E-state index contributed by atoms with van der Waals surface area (Å²) in [5.74, 6) is 0.245. The molecule has 0 aliphatic rings. The lowest BCUT2D eigenvalue weighted by atomic mass is 10.0. The molecule has 0 radical (unpaired) electrons.